The fourth-order valence-corrected chi connectivity index (χ4v) is 0.0577. The van der Waals surface area contributed by atoms with Crippen LogP contribution in [0, 0.1) is 0 Å². The summed E-state index contributed by atoms with van der Waals surface area (Å²) in [7, 11) is -4.64. The zero-order valence-electron chi connectivity index (χ0n) is 12.7. The van der Waals surface area contributed by atoms with E-state index in [1.54, 1.807) is 0 Å². The Hall–Kier alpha value is -1.59. The van der Waals surface area contributed by atoms with Crippen molar-refractivity contribution in [3.63, 3.8) is 0 Å². The van der Waals surface area contributed by atoms with E-state index >= 15 is 0 Å². The first-order valence-corrected chi connectivity index (χ1v) is 7.12. The van der Waals surface area contributed by atoms with E-state index in [1.807, 2.05) is 0 Å². The maximum atomic E-state index is 9.60. The van der Waals surface area contributed by atoms with Crippen molar-refractivity contribution in [3.8, 4) is 0 Å². The standard InChI is InChI=1S/2C4H6O2.C3H8O3.H3O4P/c2*1-3(2)4(5)6;4-1-3(6)2-5;1-5(2,3)4/h2*1H2,2H3,(H,5,6);3-6H,1-2H2;(H3,1,2,3,4). The lowest BCUT2D eigenvalue weighted by Gasteiger charge is -1.96. The van der Waals surface area contributed by atoms with Crippen molar-refractivity contribution >= 4 is 19.8 Å². The van der Waals surface area contributed by atoms with Gasteiger partial charge < -0.3 is 40.2 Å². The van der Waals surface area contributed by atoms with E-state index in [9.17, 15) is 9.59 Å². The Labute approximate surface area is 132 Å². The topological polar surface area (TPSA) is 213 Å². The highest BCUT2D eigenvalue weighted by molar-refractivity contribution is 7.45. The molecule has 0 spiro atoms. The molecule has 0 saturated carbocycles. The predicted octanol–water partition coefficient (Wildman–Crippen LogP) is -1.30. The van der Waals surface area contributed by atoms with Gasteiger partial charge in [-0.25, -0.2) is 14.2 Å². The Balaban J connectivity index is -0.000000105. The van der Waals surface area contributed by atoms with E-state index in [4.69, 9.17) is 44.8 Å². The summed E-state index contributed by atoms with van der Waals surface area (Å²) in [6.45, 7) is 8.47. The van der Waals surface area contributed by atoms with Crippen molar-refractivity contribution in [3.05, 3.63) is 24.3 Å². The van der Waals surface area contributed by atoms with E-state index in [0.717, 1.165) is 0 Å². The average Bonchev–Trinajstić information content (AvgIpc) is 2.36. The van der Waals surface area contributed by atoms with Crippen molar-refractivity contribution < 1.29 is 54.4 Å². The van der Waals surface area contributed by atoms with Crippen LogP contribution in [0.4, 0.5) is 0 Å². The fraction of sp³-hybridized carbons (Fsp3) is 0.455. The lowest BCUT2D eigenvalue weighted by Crippen LogP contribution is -2.15. The minimum absolute atomic E-state index is 0.176. The normalized spacial score (nSPS) is 9.09. The van der Waals surface area contributed by atoms with Crippen LogP contribution in [0.1, 0.15) is 13.8 Å². The van der Waals surface area contributed by atoms with E-state index in [-0.39, 0.29) is 24.4 Å². The third kappa shape index (κ3) is 63.8. The second-order valence-corrected chi connectivity index (χ2v) is 4.73. The highest BCUT2D eigenvalue weighted by Crippen LogP contribution is 2.25. The first-order chi connectivity index (χ1) is 10.1. The monoisotopic (exact) mass is 362 g/mol. The lowest BCUT2D eigenvalue weighted by molar-refractivity contribution is -0.133. The van der Waals surface area contributed by atoms with Crippen molar-refractivity contribution in [1.29, 1.82) is 0 Å². The molecule has 0 radical (unpaired) electrons. The molecule has 0 aromatic heterocycles. The molecular weight excluding hydrogens is 339 g/mol. The van der Waals surface area contributed by atoms with Crippen LogP contribution in [0.25, 0.3) is 0 Å². The van der Waals surface area contributed by atoms with Crippen molar-refractivity contribution in [2.75, 3.05) is 13.2 Å². The zero-order valence-corrected chi connectivity index (χ0v) is 13.5. The number of hydrogen-bond donors (Lipinski definition) is 8. The molecule has 11 nitrogen and oxygen atoms in total. The summed E-state index contributed by atoms with van der Waals surface area (Å²) in [6.07, 6.45) is -0.954. The van der Waals surface area contributed by atoms with Gasteiger partial charge in [0.25, 0.3) is 0 Å². The quantitative estimate of drug-likeness (QED) is 0.217. The van der Waals surface area contributed by atoms with Crippen LogP contribution in [0.15, 0.2) is 24.3 Å². The number of aliphatic hydroxyl groups excluding tert-OH is 3. The third-order valence-electron chi connectivity index (χ3n) is 1.15. The Morgan fingerprint density at radius 1 is 0.913 bits per heavy atom. The Bertz CT molecular complexity index is 352. The van der Waals surface area contributed by atoms with Crippen molar-refractivity contribution in [2.45, 2.75) is 20.0 Å². The van der Waals surface area contributed by atoms with Gasteiger partial charge in [0.05, 0.1) is 13.2 Å². The lowest BCUT2D eigenvalue weighted by atomic mass is 10.4. The molecule has 0 unspecified atom stereocenters. The number of carboxylic acids is 2. The van der Waals surface area contributed by atoms with Gasteiger partial charge in [-0.3, -0.25) is 0 Å². The number of phosphoric acid groups is 1. The predicted molar refractivity (Wildman–Crippen MR) is 79.3 cm³/mol. The molecule has 0 fully saturated rings. The largest absolute Gasteiger partial charge is 0.478 e. The van der Waals surface area contributed by atoms with Crippen LogP contribution in [-0.2, 0) is 14.2 Å². The molecular formula is C11H23O11P. The minimum Gasteiger partial charge on any atom is -0.478 e. The van der Waals surface area contributed by atoms with Crippen LogP contribution >= 0.6 is 7.82 Å². The van der Waals surface area contributed by atoms with Gasteiger partial charge in [0.2, 0.25) is 0 Å². The molecule has 0 amide bonds. The summed E-state index contributed by atoms with van der Waals surface area (Å²) in [5.41, 5.74) is 0.352. The molecule has 0 aliphatic heterocycles. The smallest absolute Gasteiger partial charge is 0.466 e. The second kappa shape index (κ2) is 16.8. The summed E-state index contributed by atoms with van der Waals surface area (Å²) in [4.78, 5) is 40.8. The molecule has 0 heterocycles. The Morgan fingerprint density at radius 3 is 1.04 bits per heavy atom. The molecule has 0 bridgehead atoms. The number of hydrogen-bond acceptors (Lipinski definition) is 6. The fourth-order valence-electron chi connectivity index (χ4n) is 0.0577. The van der Waals surface area contributed by atoms with Crippen LogP contribution in [0.2, 0.25) is 0 Å². The van der Waals surface area contributed by atoms with E-state index < -0.39 is 25.9 Å². The molecule has 8 N–H and O–H groups in total. The average molecular weight is 362 g/mol. The summed E-state index contributed by atoms with van der Waals surface area (Å²) in [6, 6.07) is 0. The molecule has 0 atom stereocenters. The van der Waals surface area contributed by atoms with Crippen LogP contribution in [0.3, 0.4) is 0 Å². The van der Waals surface area contributed by atoms with Gasteiger partial charge >= 0.3 is 19.8 Å². The zero-order chi connectivity index (χ0) is 19.8. The molecule has 0 rings (SSSR count). The summed E-state index contributed by atoms with van der Waals surface area (Å²) in [5, 5.41) is 39.8. The van der Waals surface area contributed by atoms with Crippen molar-refractivity contribution in [2.24, 2.45) is 0 Å². The molecule has 23 heavy (non-hydrogen) atoms. The molecule has 138 valence electrons. The van der Waals surface area contributed by atoms with Crippen LogP contribution < -0.4 is 0 Å². The highest BCUT2D eigenvalue weighted by atomic mass is 31.2. The number of rotatable bonds is 4. The second-order valence-electron chi connectivity index (χ2n) is 3.70. The molecule has 0 aromatic rings. The maximum absolute atomic E-state index is 9.60. The van der Waals surface area contributed by atoms with Crippen molar-refractivity contribution in [1.82, 2.24) is 0 Å². The van der Waals surface area contributed by atoms with Gasteiger partial charge in [0.1, 0.15) is 6.10 Å². The van der Waals surface area contributed by atoms with Gasteiger partial charge in [0, 0.05) is 11.1 Å². The molecule has 0 aliphatic carbocycles. The van der Waals surface area contributed by atoms with Gasteiger partial charge in [-0.2, -0.15) is 0 Å². The highest BCUT2D eigenvalue weighted by Gasteiger charge is 2.00. The maximum Gasteiger partial charge on any atom is 0.466 e. The third-order valence-corrected chi connectivity index (χ3v) is 1.15. The van der Waals surface area contributed by atoms with Gasteiger partial charge in [0.15, 0.2) is 0 Å². The SMILES string of the molecule is C=C(C)C(=O)O.C=C(C)C(=O)O.O=P(O)(O)O.OCC(O)CO. The number of carbonyl (C=O) groups is 2. The van der Waals surface area contributed by atoms with Gasteiger partial charge in [-0.1, -0.05) is 13.2 Å². The Kier molecular flexibility index (Phi) is 21.5. The first-order valence-electron chi connectivity index (χ1n) is 5.55. The van der Waals surface area contributed by atoms with Gasteiger partial charge in [-0.15, -0.1) is 0 Å². The van der Waals surface area contributed by atoms with E-state index in [2.05, 4.69) is 13.2 Å². The van der Waals surface area contributed by atoms with Gasteiger partial charge in [-0.05, 0) is 13.8 Å². The first kappa shape index (κ1) is 29.4. The number of aliphatic carboxylic acids is 2. The molecule has 12 heteroatoms. The number of carboxylic acid groups (broad SMARTS) is 2. The van der Waals surface area contributed by atoms with E-state index in [0.29, 0.717) is 0 Å². The van der Waals surface area contributed by atoms with Crippen LogP contribution in [-0.4, -0.2) is 71.5 Å². The summed E-state index contributed by atoms with van der Waals surface area (Å²) in [5.74, 6) is -1.87. The summed E-state index contributed by atoms with van der Waals surface area (Å²) >= 11 is 0. The van der Waals surface area contributed by atoms with E-state index in [1.165, 1.54) is 13.8 Å². The molecule has 0 aliphatic rings. The minimum atomic E-state index is -4.64. The Morgan fingerprint density at radius 2 is 1.04 bits per heavy atom. The molecule has 0 aromatic carbocycles. The molecule has 0 saturated heterocycles. The summed E-state index contributed by atoms with van der Waals surface area (Å²) < 4.78 is 8.88. The van der Waals surface area contributed by atoms with Crippen LogP contribution in [0.5, 0.6) is 0 Å². The number of aliphatic hydroxyl groups is 3.